The van der Waals surface area contributed by atoms with Crippen LogP contribution in [0, 0.1) is 0 Å². The van der Waals surface area contributed by atoms with Gasteiger partial charge in [0, 0.05) is 11.0 Å². The summed E-state index contributed by atoms with van der Waals surface area (Å²) in [4.78, 5) is 0. The molecule has 0 spiro atoms. The van der Waals surface area contributed by atoms with Crippen molar-refractivity contribution in [3.63, 3.8) is 0 Å². The van der Waals surface area contributed by atoms with E-state index in [1.165, 1.54) is 0 Å². The van der Waals surface area contributed by atoms with Crippen molar-refractivity contribution in [1.29, 1.82) is 0 Å². The van der Waals surface area contributed by atoms with Crippen LogP contribution in [-0.4, -0.2) is 26.5 Å². The Bertz CT molecular complexity index is 417. The topological polar surface area (TPSA) is 60.2 Å². The molecule has 2 N–H and O–H groups in total. The molecule has 0 radical (unpaired) electrons. The van der Waals surface area contributed by atoms with Crippen molar-refractivity contribution < 1.29 is 8.42 Å². The first-order valence-corrected chi connectivity index (χ1v) is 7.30. The molecule has 0 amide bonds. The molecule has 0 saturated heterocycles. The highest BCUT2D eigenvalue weighted by molar-refractivity contribution is 9.10. The fourth-order valence-corrected chi connectivity index (χ4v) is 2.80. The first-order chi connectivity index (χ1) is 7.03. The van der Waals surface area contributed by atoms with E-state index in [9.17, 15) is 8.42 Å². The first kappa shape index (κ1) is 12.7. The van der Waals surface area contributed by atoms with E-state index in [1.807, 2.05) is 24.3 Å². The number of halogens is 1. The van der Waals surface area contributed by atoms with Crippen LogP contribution in [-0.2, 0) is 16.3 Å². The van der Waals surface area contributed by atoms with Gasteiger partial charge in [0.15, 0.2) is 9.84 Å². The Labute approximate surface area is 98.7 Å². The van der Waals surface area contributed by atoms with E-state index in [1.54, 1.807) is 0 Å². The molecular formula is C10H14BrNO2S. The van der Waals surface area contributed by atoms with Gasteiger partial charge in [0.1, 0.15) is 0 Å². The summed E-state index contributed by atoms with van der Waals surface area (Å²) in [5, 5.41) is 0. The number of benzene rings is 1. The average Bonchev–Trinajstić information content (AvgIpc) is 2.15. The van der Waals surface area contributed by atoms with Crippen LogP contribution in [0.1, 0.15) is 5.56 Å². The number of hydrogen-bond acceptors (Lipinski definition) is 3. The Morgan fingerprint density at radius 3 is 2.60 bits per heavy atom. The highest BCUT2D eigenvalue weighted by atomic mass is 79.9. The molecule has 1 aromatic rings. The van der Waals surface area contributed by atoms with Crippen molar-refractivity contribution in [3.8, 4) is 0 Å². The summed E-state index contributed by atoms with van der Waals surface area (Å²) in [5.74, 6) is 0.238. The Balaban J connectivity index is 2.58. The minimum atomic E-state index is -2.98. The summed E-state index contributed by atoms with van der Waals surface area (Å²) < 4.78 is 23.8. The lowest BCUT2D eigenvalue weighted by Gasteiger charge is -2.03. The molecule has 1 rings (SSSR count). The van der Waals surface area contributed by atoms with Gasteiger partial charge in [0.25, 0.3) is 0 Å². The van der Waals surface area contributed by atoms with Gasteiger partial charge < -0.3 is 5.73 Å². The maximum atomic E-state index is 11.4. The lowest BCUT2D eigenvalue weighted by atomic mass is 10.2. The van der Waals surface area contributed by atoms with Gasteiger partial charge >= 0.3 is 0 Å². The standard InChI is InChI=1S/C10H14BrNO2S/c11-10-3-1-2-9(8-10)4-6-15(13,14)7-5-12/h1-3,8H,4-7,12H2. The summed E-state index contributed by atoms with van der Waals surface area (Å²) in [6, 6.07) is 7.66. The van der Waals surface area contributed by atoms with Gasteiger partial charge in [-0.05, 0) is 24.1 Å². The number of nitrogens with two attached hydrogens (primary N) is 1. The normalized spacial score (nSPS) is 11.6. The number of rotatable bonds is 5. The predicted molar refractivity (Wildman–Crippen MR) is 65.6 cm³/mol. The van der Waals surface area contributed by atoms with E-state index >= 15 is 0 Å². The minimum absolute atomic E-state index is 0.0704. The summed E-state index contributed by atoms with van der Waals surface area (Å²) in [6.45, 7) is 0.195. The number of aryl methyl sites for hydroxylation is 1. The monoisotopic (exact) mass is 291 g/mol. The van der Waals surface area contributed by atoms with E-state index in [4.69, 9.17) is 5.73 Å². The molecule has 0 aliphatic heterocycles. The van der Waals surface area contributed by atoms with Crippen molar-refractivity contribution in [2.45, 2.75) is 6.42 Å². The van der Waals surface area contributed by atoms with Crippen molar-refractivity contribution in [1.82, 2.24) is 0 Å². The Morgan fingerprint density at radius 2 is 2.00 bits per heavy atom. The average molecular weight is 292 g/mol. The second-order valence-electron chi connectivity index (χ2n) is 3.32. The minimum Gasteiger partial charge on any atom is -0.329 e. The fraction of sp³-hybridized carbons (Fsp3) is 0.400. The van der Waals surface area contributed by atoms with Gasteiger partial charge in [0.05, 0.1) is 11.5 Å². The van der Waals surface area contributed by atoms with Gasteiger partial charge in [-0.25, -0.2) is 8.42 Å². The Morgan fingerprint density at radius 1 is 1.27 bits per heavy atom. The second kappa shape index (κ2) is 5.63. The molecule has 84 valence electrons. The number of sulfone groups is 1. The molecule has 0 aliphatic rings. The number of hydrogen-bond donors (Lipinski definition) is 1. The van der Waals surface area contributed by atoms with Crippen molar-refractivity contribution in [3.05, 3.63) is 34.3 Å². The van der Waals surface area contributed by atoms with Crippen LogP contribution in [0.3, 0.4) is 0 Å². The van der Waals surface area contributed by atoms with Gasteiger partial charge in [-0.1, -0.05) is 28.1 Å². The van der Waals surface area contributed by atoms with E-state index in [0.29, 0.717) is 6.42 Å². The molecule has 5 heteroatoms. The summed E-state index contributed by atoms with van der Waals surface area (Å²) >= 11 is 3.34. The molecule has 0 aromatic heterocycles. The molecule has 0 saturated carbocycles. The van der Waals surface area contributed by atoms with E-state index in [0.717, 1.165) is 10.0 Å². The molecule has 0 bridgehead atoms. The maximum Gasteiger partial charge on any atom is 0.151 e. The quantitative estimate of drug-likeness (QED) is 0.891. The van der Waals surface area contributed by atoms with Gasteiger partial charge in [-0.2, -0.15) is 0 Å². The molecule has 0 unspecified atom stereocenters. The highest BCUT2D eigenvalue weighted by Crippen LogP contribution is 2.12. The van der Waals surface area contributed by atoms with Gasteiger partial charge in [-0.15, -0.1) is 0 Å². The van der Waals surface area contributed by atoms with Crippen LogP contribution in [0.5, 0.6) is 0 Å². The maximum absolute atomic E-state index is 11.4. The lowest BCUT2D eigenvalue weighted by Crippen LogP contribution is -2.19. The van der Waals surface area contributed by atoms with Gasteiger partial charge in [-0.3, -0.25) is 0 Å². The molecule has 0 atom stereocenters. The highest BCUT2D eigenvalue weighted by Gasteiger charge is 2.09. The largest absolute Gasteiger partial charge is 0.329 e. The zero-order valence-corrected chi connectivity index (χ0v) is 10.7. The predicted octanol–water partition coefficient (Wildman–Crippen LogP) is 1.37. The van der Waals surface area contributed by atoms with E-state index in [2.05, 4.69) is 15.9 Å². The SMILES string of the molecule is NCCS(=O)(=O)CCc1cccc(Br)c1. The van der Waals surface area contributed by atoms with Crippen molar-refractivity contribution in [2.24, 2.45) is 5.73 Å². The fourth-order valence-electron chi connectivity index (χ4n) is 1.25. The smallest absolute Gasteiger partial charge is 0.151 e. The Hall–Kier alpha value is -0.390. The second-order valence-corrected chi connectivity index (χ2v) is 6.54. The van der Waals surface area contributed by atoms with Crippen LogP contribution in [0.4, 0.5) is 0 Å². The molecular weight excluding hydrogens is 278 g/mol. The summed E-state index contributed by atoms with van der Waals surface area (Å²) in [7, 11) is -2.98. The third-order valence-corrected chi connectivity index (χ3v) is 4.20. The molecule has 0 heterocycles. The molecule has 1 aromatic carbocycles. The molecule has 0 fully saturated rings. The summed E-state index contributed by atoms with van der Waals surface area (Å²) in [6.07, 6.45) is 0.543. The van der Waals surface area contributed by atoms with E-state index < -0.39 is 9.84 Å². The first-order valence-electron chi connectivity index (χ1n) is 4.68. The van der Waals surface area contributed by atoms with Crippen LogP contribution in [0.2, 0.25) is 0 Å². The van der Waals surface area contributed by atoms with Crippen molar-refractivity contribution >= 4 is 25.8 Å². The zero-order valence-electron chi connectivity index (χ0n) is 8.32. The molecule has 0 aliphatic carbocycles. The van der Waals surface area contributed by atoms with E-state index in [-0.39, 0.29) is 18.1 Å². The van der Waals surface area contributed by atoms with Crippen molar-refractivity contribution in [2.75, 3.05) is 18.1 Å². The zero-order chi connectivity index (χ0) is 11.3. The third kappa shape index (κ3) is 4.77. The third-order valence-electron chi connectivity index (χ3n) is 2.02. The molecule has 3 nitrogen and oxygen atoms in total. The van der Waals surface area contributed by atoms with Gasteiger partial charge in [0.2, 0.25) is 0 Å². The van der Waals surface area contributed by atoms with Crippen LogP contribution >= 0.6 is 15.9 Å². The van der Waals surface area contributed by atoms with Crippen LogP contribution in [0.25, 0.3) is 0 Å². The Kier molecular flexibility index (Phi) is 4.76. The lowest BCUT2D eigenvalue weighted by molar-refractivity contribution is 0.595. The molecule has 15 heavy (non-hydrogen) atoms. The summed E-state index contributed by atoms with van der Waals surface area (Å²) in [5.41, 5.74) is 6.24. The van der Waals surface area contributed by atoms with Crippen LogP contribution < -0.4 is 5.73 Å². The van der Waals surface area contributed by atoms with Crippen LogP contribution in [0.15, 0.2) is 28.7 Å².